The molecular weight excluding hydrogens is 288 g/mol. The third kappa shape index (κ3) is 7.34. The lowest BCUT2D eigenvalue weighted by Gasteiger charge is -2.03. The summed E-state index contributed by atoms with van der Waals surface area (Å²) < 4.78 is 0. The van der Waals surface area contributed by atoms with Crippen molar-refractivity contribution < 1.29 is 0 Å². The van der Waals surface area contributed by atoms with Crippen LogP contribution in [0.3, 0.4) is 0 Å². The van der Waals surface area contributed by atoms with E-state index in [1.54, 1.807) is 0 Å². The number of hydrogen-bond acceptors (Lipinski definition) is 0. The molecule has 0 amide bonds. The van der Waals surface area contributed by atoms with Crippen LogP contribution in [0.15, 0.2) is 54.6 Å². The maximum absolute atomic E-state index is 2.40. The van der Waals surface area contributed by atoms with Crippen LogP contribution in [0.1, 0.15) is 76.7 Å². The highest BCUT2D eigenvalue weighted by Gasteiger charge is 1.96. The molecule has 2 aromatic carbocycles. The highest BCUT2D eigenvalue weighted by Crippen LogP contribution is 2.17. The van der Waals surface area contributed by atoms with Crippen molar-refractivity contribution in [1.82, 2.24) is 0 Å². The van der Waals surface area contributed by atoms with Gasteiger partial charge in [0.2, 0.25) is 0 Å². The maximum Gasteiger partial charge on any atom is -0.0181 e. The van der Waals surface area contributed by atoms with Gasteiger partial charge in [0.1, 0.15) is 0 Å². The molecule has 0 aliphatic carbocycles. The molecule has 0 N–H and O–H groups in total. The molecule has 0 nitrogen and oxygen atoms in total. The molecule has 0 atom stereocenters. The van der Waals surface area contributed by atoms with Gasteiger partial charge in [0, 0.05) is 0 Å². The van der Waals surface area contributed by atoms with Gasteiger partial charge in [-0.2, -0.15) is 0 Å². The third-order valence-electron chi connectivity index (χ3n) is 4.79. The fraction of sp³-hybridized carbons (Fsp3) is 0.500. The topological polar surface area (TPSA) is 0 Å². The molecule has 0 aliphatic heterocycles. The summed E-state index contributed by atoms with van der Waals surface area (Å²) in [6.45, 7) is 2.28. The lowest BCUT2D eigenvalue weighted by Crippen LogP contribution is -1.85. The van der Waals surface area contributed by atoms with E-state index in [1.807, 2.05) is 0 Å². The Morgan fingerprint density at radius 3 is 2.12 bits per heavy atom. The molecule has 0 radical (unpaired) electrons. The molecule has 0 fully saturated rings. The SMILES string of the molecule is CCCCCCCCC/C=C/CCCc1ccc2ccccc2c1. The van der Waals surface area contributed by atoms with Crippen LogP contribution in [0.25, 0.3) is 10.8 Å². The van der Waals surface area contributed by atoms with E-state index in [1.165, 1.54) is 87.0 Å². The van der Waals surface area contributed by atoms with Crippen molar-refractivity contribution in [3.8, 4) is 0 Å². The van der Waals surface area contributed by atoms with E-state index in [2.05, 4.69) is 61.5 Å². The first kappa shape index (κ1) is 18.8. The standard InChI is InChI=1S/C24H34/c1-2-3-4-5-6-7-8-9-10-11-12-13-16-22-19-20-23-17-14-15-18-24(23)21-22/h10-11,14-15,17-21H,2-9,12-13,16H2,1H3/b11-10+. The Kier molecular flexibility index (Phi) is 9.31. The number of hydrogen-bond donors (Lipinski definition) is 0. The quantitative estimate of drug-likeness (QED) is 0.275. The summed E-state index contributed by atoms with van der Waals surface area (Å²) in [6, 6.07) is 15.5. The fourth-order valence-electron chi connectivity index (χ4n) is 3.27. The maximum atomic E-state index is 2.40. The van der Waals surface area contributed by atoms with Crippen molar-refractivity contribution in [1.29, 1.82) is 0 Å². The van der Waals surface area contributed by atoms with E-state index >= 15 is 0 Å². The molecule has 0 aromatic heterocycles. The molecule has 24 heavy (non-hydrogen) atoms. The van der Waals surface area contributed by atoms with Crippen LogP contribution in [0.5, 0.6) is 0 Å². The van der Waals surface area contributed by atoms with Crippen LogP contribution in [-0.4, -0.2) is 0 Å². The van der Waals surface area contributed by atoms with Crippen LogP contribution in [0, 0.1) is 0 Å². The summed E-state index contributed by atoms with van der Waals surface area (Å²) in [5.74, 6) is 0. The van der Waals surface area contributed by atoms with Gasteiger partial charge in [-0.1, -0.05) is 100 Å². The number of allylic oxidation sites excluding steroid dienone is 2. The minimum absolute atomic E-state index is 1.19. The summed E-state index contributed by atoms with van der Waals surface area (Å²) >= 11 is 0. The molecule has 0 bridgehead atoms. The van der Waals surface area contributed by atoms with E-state index in [0.29, 0.717) is 0 Å². The monoisotopic (exact) mass is 322 g/mol. The Balaban J connectivity index is 1.52. The minimum atomic E-state index is 1.19. The summed E-state index contributed by atoms with van der Waals surface area (Å²) in [5.41, 5.74) is 1.47. The normalized spacial score (nSPS) is 11.5. The van der Waals surface area contributed by atoms with Gasteiger partial charge in [-0.05, 0) is 48.4 Å². The lowest BCUT2D eigenvalue weighted by atomic mass is 10.0. The first-order chi connectivity index (χ1) is 11.9. The van der Waals surface area contributed by atoms with Crippen LogP contribution in [0.2, 0.25) is 0 Å². The number of rotatable bonds is 12. The van der Waals surface area contributed by atoms with E-state index in [4.69, 9.17) is 0 Å². The molecule has 0 saturated heterocycles. The van der Waals surface area contributed by atoms with Crippen LogP contribution in [0.4, 0.5) is 0 Å². The van der Waals surface area contributed by atoms with E-state index in [9.17, 15) is 0 Å². The molecule has 130 valence electrons. The van der Waals surface area contributed by atoms with Crippen molar-refractivity contribution >= 4 is 10.8 Å². The smallest absolute Gasteiger partial charge is 0.0181 e. The van der Waals surface area contributed by atoms with Gasteiger partial charge in [0.15, 0.2) is 0 Å². The van der Waals surface area contributed by atoms with Gasteiger partial charge in [0.25, 0.3) is 0 Å². The van der Waals surface area contributed by atoms with Gasteiger partial charge in [-0.15, -0.1) is 0 Å². The van der Waals surface area contributed by atoms with Crippen molar-refractivity contribution in [3.63, 3.8) is 0 Å². The Bertz CT molecular complexity index is 594. The van der Waals surface area contributed by atoms with Gasteiger partial charge >= 0.3 is 0 Å². The summed E-state index contributed by atoms with van der Waals surface area (Å²) in [4.78, 5) is 0. The first-order valence-corrected chi connectivity index (χ1v) is 10.0. The molecule has 0 spiro atoms. The zero-order chi connectivity index (χ0) is 16.9. The second-order valence-electron chi connectivity index (χ2n) is 6.96. The van der Waals surface area contributed by atoms with Gasteiger partial charge < -0.3 is 0 Å². The molecule has 0 heteroatoms. The second kappa shape index (κ2) is 11.9. The van der Waals surface area contributed by atoms with Crippen molar-refractivity contribution in [3.05, 3.63) is 60.2 Å². The molecule has 0 aliphatic rings. The summed E-state index contributed by atoms with van der Waals surface area (Å²) in [5, 5.41) is 2.71. The van der Waals surface area contributed by atoms with Crippen molar-refractivity contribution in [2.45, 2.75) is 77.6 Å². The van der Waals surface area contributed by atoms with Crippen molar-refractivity contribution in [2.75, 3.05) is 0 Å². The summed E-state index contributed by atoms with van der Waals surface area (Å²) in [6.07, 6.45) is 19.5. The number of benzene rings is 2. The average molecular weight is 323 g/mol. The summed E-state index contributed by atoms with van der Waals surface area (Å²) in [7, 11) is 0. The van der Waals surface area contributed by atoms with Crippen LogP contribution < -0.4 is 0 Å². The Morgan fingerprint density at radius 2 is 1.33 bits per heavy atom. The number of aryl methyl sites for hydroxylation is 1. The first-order valence-electron chi connectivity index (χ1n) is 10.0. The lowest BCUT2D eigenvalue weighted by molar-refractivity contribution is 0.592. The van der Waals surface area contributed by atoms with Crippen LogP contribution in [-0.2, 0) is 6.42 Å². The molecule has 0 saturated carbocycles. The number of unbranched alkanes of at least 4 members (excludes halogenated alkanes) is 8. The Hall–Kier alpha value is -1.56. The average Bonchev–Trinajstić information content (AvgIpc) is 2.62. The zero-order valence-corrected chi connectivity index (χ0v) is 15.5. The fourth-order valence-corrected chi connectivity index (χ4v) is 3.27. The van der Waals surface area contributed by atoms with E-state index < -0.39 is 0 Å². The largest absolute Gasteiger partial charge is 0.0885 e. The third-order valence-corrected chi connectivity index (χ3v) is 4.79. The van der Waals surface area contributed by atoms with Gasteiger partial charge in [-0.3, -0.25) is 0 Å². The second-order valence-corrected chi connectivity index (χ2v) is 6.96. The van der Waals surface area contributed by atoms with Gasteiger partial charge in [0.05, 0.1) is 0 Å². The Morgan fingerprint density at radius 1 is 0.667 bits per heavy atom. The highest BCUT2D eigenvalue weighted by molar-refractivity contribution is 5.82. The van der Waals surface area contributed by atoms with E-state index in [-0.39, 0.29) is 0 Å². The molecule has 0 unspecified atom stereocenters. The van der Waals surface area contributed by atoms with E-state index in [0.717, 1.165) is 0 Å². The predicted octanol–water partition coefficient (Wildman–Crippen LogP) is 7.86. The Labute approximate surface area is 149 Å². The molecule has 0 heterocycles. The minimum Gasteiger partial charge on any atom is -0.0885 e. The molecular formula is C24H34. The highest BCUT2D eigenvalue weighted by atomic mass is 14.0. The molecule has 2 aromatic rings. The van der Waals surface area contributed by atoms with Crippen LogP contribution >= 0.6 is 0 Å². The van der Waals surface area contributed by atoms with Gasteiger partial charge in [-0.25, -0.2) is 0 Å². The predicted molar refractivity (Wildman–Crippen MR) is 109 cm³/mol. The zero-order valence-electron chi connectivity index (χ0n) is 15.5. The number of fused-ring (bicyclic) bond motifs is 1. The molecule has 2 rings (SSSR count). The van der Waals surface area contributed by atoms with Crippen molar-refractivity contribution in [2.24, 2.45) is 0 Å².